The molecule has 0 aromatic heterocycles. The SMILES string of the molecule is Fc1ccc(C(Nc2c(Cl)cccc2Cl)C2CC2)cc1. The number of rotatable bonds is 4. The largest absolute Gasteiger partial charge is 0.376 e. The lowest BCUT2D eigenvalue weighted by Gasteiger charge is -2.21. The van der Waals surface area contributed by atoms with Crippen LogP contribution in [0.4, 0.5) is 10.1 Å². The van der Waals surface area contributed by atoms with Crippen LogP contribution in [0.2, 0.25) is 10.0 Å². The molecule has 2 aromatic rings. The Balaban J connectivity index is 1.90. The quantitative estimate of drug-likeness (QED) is 0.764. The predicted molar refractivity (Wildman–Crippen MR) is 81.9 cm³/mol. The topological polar surface area (TPSA) is 12.0 Å². The van der Waals surface area contributed by atoms with Gasteiger partial charge < -0.3 is 5.32 Å². The fourth-order valence-corrected chi connectivity index (χ4v) is 2.87. The molecule has 1 atom stereocenters. The van der Waals surface area contributed by atoms with Gasteiger partial charge in [0.05, 0.1) is 21.8 Å². The highest BCUT2D eigenvalue weighted by molar-refractivity contribution is 6.39. The number of halogens is 3. The van der Waals surface area contributed by atoms with Gasteiger partial charge in [-0.15, -0.1) is 0 Å². The maximum Gasteiger partial charge on any atom is 0.123 e. The average molecular weight is 310 g/mol. The van der Waals surface area contributed by atoms with Crippen molar-refractivity contribution >= 4 is 28.9 Å². The van der Waals surface area contributed by atoms with Gasteiger partial charge in [0.25, 0.3) is 0 Å². The maximum atomic E-state index is 13.1. The molecule has 20 heavy (non-hydrogen) atoms. The van der Waals surface area contributed by atoms with Gasteiger partial charge in [-0.05, 0) is 48.6 Å². The Morgan fingerprint density at radius 1 is 1.00 bits per heavy atom. The Kier molecular flexibility index (Phi) is 3.86. The van der Waals surface area contributed by atoms with Gasteiger partial charge in [0.1, 0.15) is 5.82 Å². The van der Waals surface area contributed by atoms with Crippen LogP contribution >= 0.6 is 23.2 Å². The van der Waals surface area contributed by atoms with Crippen molar-refractivity contribution in [1.29, 1.82) is 0 Å². The highest BCUT2D eigenvalue weighted by Crippen LogP contribution is 2.44. The van der Waals surface area contributed by atoms with E-state index in [0.717, 1.165) is 24.1 Å². The number of para-hydroxylation sites is 1. The first-order valence-electron chi connectivity index (χ1n) is 6.61. The van der Waals surface area contributed by atoms with Crippen molar-refractivity contribution < 1.29 is 4.39 Å². The molecule has 0 aliphatic heterocycles. The minimum atomic E-state index is -0.223. The van der Waals surface area contributed by atoms with E-state index in [-0.39, 0.29) is 11.9 Å². The van der Waals surface area contributed by atoms with Crippen molar-refractivity contribution in [3.63, 3.8) is 0 Å². The second kappa shape index (κ2) is 5.63. The van der Waals surface area contributed by atoms with E-state index in [0.29, 0.717) is 16.0 Å². The molecule has 1 nitrogen and oxygen atoms in total. The highest BCUT2D eigenvalue weighted by Gasteiger charge is 2.33. The smallest absolute Gasteiger partial charge is 0.123 e. The third-order valence-corrected chi connectivity index (χ3v) is 4.22. The van der Waals surface area contributed by atoms with Crippen LogP contribution in [0.3, 0.4) is 0 Å². The number of hydrogen-bond donors (Lipinski definition) is 1. The lowest BCUT2D eigenvalue weighted by Crippen LogP contribution is -2.13. The average Bonchev–Trinajstić information content (AvgIpc) is 3.24. The number of nitrogens with one attached hydrogen (secondary N) is 1. The van der Waals surface area contributed by atoms with Gasteiger partial charge in [-0.3, -0.25) is 0 Å². The van der Waals surface area contributed by atoms with Gasteiger partial charge in [0.15, 0.2) is 0 Å². The number of benzene rings is 2. The van der Waals surface area contributed by atoms with Gasteiger partial charge in [0.2, 0.25) is 0 Å². The van der Waals surface area contributed by atoms with Gasteiger partial charge in [0, 0.05) is 0 Å². The summed E-state index contributed by atoms with van der Waals surface area (Å²) in [6, 6.07) is 12.2. The van der Waals surface area contributed by atoms with Crippen molar-refractivity contribution in [2.24, 2.45) is 5.92 Å². The third kappa shape index (κ3) is 2.92. The lowest BCUT2D eigenvalue weighted by atomic mass is 10.0. The summed E-state index contributed by atoms with van der Waals surface area (Å²) in [7, 11) is 0. The molecular weight excluding hydrogens is 296 g/mol. The molecule has 1 unspecified atom stereocenters. The van der Waals surface area contributed by atoms with Crippen LogP contribution in [0.25, 0.3) is 0 Å². The first-order chi connectivity index (χ1) is 9.65. The van der Waals surface area contributed by atoms with Crippen LogP contribution in [0.15, 0.2) is 42.5 Å². The van der Waals surface area contributed by atoms with Crippen molar-refractivity contribution in [1.82, 2.24) is 0 Å². The second-order valence-electron chi connectivity index (χ2n) is 5.11. The van der Waals surface area contributed by atoms with Gasteiger partial charge in [-0.2, -0.15) is 0 Å². The first-order valence-corrected chi connectivity index (χ1v) is 7.37. The van der Waals surface area contributed by atoms with Crippen LogP contribution < -0.4 is 5.32 Å². The van der Waals surface area contributed by atoms with Gasteiger partial charge in [-0.1, -0.05) is 41.4 Å². The normalized spacial score (nSPS) is 15.9. The lowest BCUT2D eigenvalue weighted by molar-refractivity contribution is 0.622. The molecule has 0 saturated heterocycles. The zero-order valence-electron chi connectivity index (χ0n) is 10.7. The second-order valence-corrected chi connectivity index (χ2v) is 5.92. The molecule has 0 heterocycles. The van der Waals surface area contributed by atoms with Gasteiger partial charge >= 0.3 is 0 Å². The van der Waals surface area contributed by atoms with E-state index >= 15 is 0 Å². The first kappa shape index (κ1) is 13.7. The Labute approximate surface area is 127 Å². The molecule has 1 N–H and O–H groups in total. The Bertz CT molecular complexity index is 588. The van der Waals surface area contributed by atoms with Crippen molar-refractivity contribution in [2.45, 2.75) is 18.9 Å². The van der Waals surface area contributed by atoms with E-state index in [1.165, 1.54) is 12.1 Å². The van der Waals surface area contributed by atoms with Crippen molar-refractivity contribution in [3.05, 3.63) is 63.9 Å². The monoisotopic (exact) mass is 309 g/mol. The zero-order valence-corrected chi connectivity index (χ0v) is 12.3. The third-order valence-electron chi connectivity index (χ3n) is 3.59. The predicted octanol–water partition coefficient (Wildman–Crippen LogP) is 5.70. The maximum absolute atomic E-state index is 13.1. The Morgan fingerprint density at radius 2 is 1.60 bits per heavy atom. The van der Waals surface area contributed by atoms with Crippen LogP contribution in [-0.2, 0) is 0 Å². The number of hydrogen-bond acceptors (Lipinski definition) is 1. The summed E-state index contributed by atoms with van der Waals surface area (Å²) >= 11 is 12.4. The molecule has 4 heteroatoms. The zero-order chi connectivity index (χ0) is 14.1. The molecule has 0 radical (unpaired) electrons. The summed E-state index contributed by atoms with van der Waals surface area (Å²) in [6.45, 7) is 0. The summed E-state index contributed by atoms with van der Waals surface area (Å²) in [4.78, 5) is 0. The molecule has 104 valence electrons. The molecule has 0 amide bonds. The molecule has 1 fully saturated rings. The Morgan fingerprint density at radius 3 is 2.15 bits per heavy atom. The van der Waals surface area contributed by atoms with E-state index in [2.05, 4.69) is 5.32 Å². The van der Waals surface area contributed by atoms with Gasteiger partial charge in [-0.25, -0.2) is 4.39 Å². The van der Waals surface area contributed by atoms with E-state index in [1.54, 1.807) is 0 Å². The molecule has 1 saturated carbocycles. The molecule has 0 bridgehead atoms. The molecule has 1 aliphatic carbocycles. The summed E-state index contributed by atoms with van der Waals surface area (Å²) in [5.41, 5.74) is 1.81. The fraction of sp³-hybridized carbons (Fsp3) is 0.250. The molecule has 0 spiro atoms. The van der Waals surface area contributed by atoms with E-state index in [1.807, 2.05) is 30.3 Å². The van der Waals surface area contributed by atoms with E-state index < -0.39 is 0 Å². The molecule has 1 aliphatic rings. The molecule has 3 rings (SSSR count). The van der Waals surface area contributed by atoms with Crippen molar-refractivity contribution in [2.75, 3.05) is 5.32 Å². The minimum absolute atomic E-state index is 0.119. The standard InChI is InChI=1S/C16H14Cl2FN/c17-13-2-1-3-14(18)16(13)20-15(10-4-5-10)11-6-8-12(19)9-7-11/h1-3,6-10,15,20H,4-5H2. The van der Waals surface area contributed by atoms with Crippen molar-refractivity contribution in [3.8, 4) is 0 Å². The molecule has 2 aromatic carbocycles. The summed E-state index contributed by atoms with van der Waals surface area (Å²) in [5.74, 6) is 0.326. The fourth-order valence-electron chi connectivity index (χ4n) is 2.36. The highest BCUT2D eigenvalue weighted by atomic mass is 35.5. The summed E-state index contributed by atoms with van der Waals surface area (Å²) < 4.78 is 13.1. The summed E-state index contributed by atoms with van der Waals surface area (Å²) in [6.07, 6.45) is 2.33. The molecular formula is C16H14Cl2FN. The Hall–Kier alpha value is -1.25. The van der Waals surface area contributed by atoms with Crippen LogP contribution in [-0.4, -0.2) is 0 Å². The van der Waals surface area contributed by atoms with E-state index in [4.69, 9.17) is 23.2 Å². The van der Waals surface area contributed by atoms with E-state index in [9.17, 15) is 4.39 Å². The van der Waals surface area contributed by atoms with Crippen LogP contribution in [0.5, 0.6) is 0 Å². The minimum Gasteiger partial charge on any atom is -0.376 e. The van der Waals surface area contributed by atoms with Crippen LogP contribution in [0.1, 0.15) is 24.4 Å². The number of anilines is 1. The van der Waals surface area contributed by atoms with Crippen LogP contribution in [0, 0.1) is 11.7 Å². The summed E-state index contributed by atoms with van der Waals surface area (Å²) in [5, 5.41) is 4.63.